The van der Waals surface area contributed by atoms with Crippen molar-refractivity contribution in [2.24, 2.45) is 0 Å². The highest BCUT2D eigenvalue weighted by atomic mass is 19.1. The Labute approximate surface area is 121 Å². The summed E-state index contributed by atoms with van der Waals surface area (Å²) in [4.78, 5) is 16.4. The Morgan fingerprint density at radius 1 is 1.52 bits per heavy atom. The molecule has 0 saturated carbocycles. The molecule has 21 heavy (non-hydrogen) atoms. The van der Waals surface area contributed by atoms with E-state index in [9.17, 15) is 9.18 Å². The Hall–Kier alpha value is -2.44. The molecule has 6 nitrogen and oxygen atoms in total. The molecular weight excluding hydrogens is 275 g/mol. The summed E-state index contributed by atoms with van der Waals surface area (Å²) in [5, 5.41) is 6.75. The van der Waals surface area contributed by atoms with E-state index >= 15 is 0 Å². The number of halogens is 1. The molecule has 1 atom stereocenters. The average molecular weight is 292 g/mol. The van der Waals surface area contributed by atoms with Gasteiger partial charge in [-0.25, -0.2) is 14.1 Å². The quantitative estimate of drug-likeness (QED) is 0.914. The number of carbonyl (C=O) groups excluding carboxylic acids is 1. The standard InChI is InChI=1S/C14H17FN4O2/c1-4-19-13(16-8-17-19)9(2)18-14(20)12-10(15)6-5-7-11(12)21-3/h5-9H,4H2,1-3H3,(H,18,20)/t9-/m1/s1. The zero-order chi connectivity index (χ0) is 15.4. The van der Waals surface area contributed by atoms with Gasteiger partial charge in [-0.05, 0) is 26.0 Å². The number of aryl methyl sites for hydroxylation is 1. The van der Waals surface area contributed by atoms with Crippen LogP contribution in [-0.2, 0) is 6.54 Å². The van der Waals surface area contributed by atoms with Crippen LogP contribution >= 0.6 is 0 Å². The number of benzene rings is 1. The Balaban J connectivity index is 2.22. The van der Waals surface area contributed by atoms with Gasteiger partial charge < -0.3 is 10.1 Å². The fraction of sp³-hybridized carbons (Fsp3) is 0.357. The molecular formula is C14H17FN4O2. The van der Waals surface area contributed by atoms with Crippen LogP contribution in [-0.4, -0.2) is 27.8 Å². The van der Waals surface area contributed by atoms with Crippen LogP contribution in [0, 0.1) is 5.82 Å². The summed E-state index contributed by atoms with van der Waals surface area (Å²) < 4.78 is 20.6. The Morgan fingerprint density at radius 2 is 2.29 bits per heavy atom. The van der Waals surface area contributed by atoms with Gasteiger partial charge in [0.05, 0.1) is 13.2 Å². The summed E-state index contributed by atoms with van der Waals surface area (Å²) >= 11 is 0. The van der Waals surface area contributed by atoms with E-state index in [1.807, 2.05) is 6.92 Å². The molecule has 112 valence electrons. The van der Waals surface area contributed by atoms with E-state index in [-0.39, 0.29) is 11.3 Å². The molecule has 0 radical (unpaired) electrons. The molecule has 0 spiro atoms. The van der Waals surface area contributed by atoms with Crippen LogP contribution in [0.5, 0.6) is 5.75 Å². The van der Waals surface area contributed by atoms with Crippen LogP contribution in [0.1, 0.15) is 36.1 Å². The molecule has 0 fully saturated rings. The molecule has 0 aliphatic carbocycles. The number of methoxy groups -OCH3 is 1. The molecule has 0 bridgehead atoms. The summed E-state index contributed by atoms with van der Waals surface area (Å²) in [6.07, 6.45) is 1.42. The van der Waals surface area contributed by atoms with Gasteiger partial charge in [0.15, 0.2) is 0 Å². The summed E-state index contributed by atoms with van der Waals surface area (Å²) in [6, 6.07) is 3.85. The van der Waals surface area contributed by atoms with Gasteiger partial charge in [-0.3, -0.25) is 4.79 Å². The second-order valence-electron chi connectivity index (χ2n) is 4.45. The van der Waals surface area contributed by atoms with Crippen molar-refractivity contribution in [1.82, 2.24) is 20.1 Å². The number of rotatable bonds is 5. The molecule has 1 heterocycles. The molecule has 2 aromatic rings. The highest BCUT2D eigenvalue weighted by Gasteiger charge is 2.21. The van der Waals surface area contributed by atoms with Crippen molar-refractivity contribution in [2.75, 3.05) is 7.11 Å². The minimum absolute atomic E-state index is 0.116. The highest BCUT2D eigenvalue weighted by molar-refractivity contribution is 5.97. The SMILES string of the molecule is CCn1ncnc1[C@@H](C)NC(=O)c1c(F)cccc1OC. The van der Waals surface area contributed by atoms with Crippen molar-refractivity contribution in [3.8, 4) is 5.75 Å². The van der Waals surface area contributed by atoms with E-state index in [2.05, 4.69) is 15.4 Å². The Morgan fingerprint density at radius 3 is 2.95 bits per heavy atom. The first-order valence-corrected chi connectivity index (χ1v) is 6.59. The molecule has 0 aliphatic rings. The first-order chi connectivity index (χ1) is 10.1. The molecule has 1 N–H and O–H groups in total. The third-order valence-corrected chi connectivity index (χ3v) is 3.10. The number of hydrogen-bond acceptors (Lipinski definition) is 4. The normalized spacial score (nSPS) is 12.0. The highest BCUT2D eigenvalue weighted by Crippen LogP contribution is 2.22. The van der Waals surface area contributed by atoms with Gasteiger partial charge in [-0.1, -0.05) is 6.07 Å². The molecule has 0 aliphatic heterocycles. The van der Waals surface area contributed by atoms with Gasteiger partial charge in [0.1, 0.15) is 29.3 Å². The van der Waals surface area contributed by atoms with E-state index in [1.54, 1.807) is 11.6 Å². The van der Waals surface area contributed by atoms with Crippen LogP contribution in [0.15, 0.2) is 24.5 Å². The maximum atomic E-state index is 13.9. The first-order valence-electron chi connectivity index (χ1n) is 6.59. The molecule has 0 saturated heterocycles. The Bertz CT molecular complexity index is 642. The van der Waals surface area contributed by atoms with E-state index < -0.39 is 17.8 Å². The number of amides is 1. The fourth-order valence-corrected chi connectivity index (χ4v) is 2.08. The molecule has 2 rings (SSSR count). The minimum atomic E-state index is -0.629. The smallest absolute Gasteiger partial charge is 0.258 e. The topological polar surface area (TPSA) is 69.0 Å². The van der Waals surface area contributed by atoms with Crippen molar-refractivity contribution in [3.63, 3.8) is 0 Å². The van der Waals surface area contributed by atoms with Crippen LogP contribution in [0.25, 0.3) is 0 Å². The van der Waals surface area contributed by atoms with Gasteiger partial charge in [0, 0.05) is 6.54 Å². The summed E-state index contributed by atoms with van der Waals surface area (Å²) in [5.41, 5.74) is -0.116. The van der Waals surface area contributed by atoms with E-state index in [4.69, 9.17) is 4.74 Å². The van der Waals surface area contributed by atoms with Crippen molar-refractivity contribution in [3.05, 3.63) is 41.7 Å². The van der Waals surface area contributed by atoms with Gasteiger partial charge >= 0.3 is 0 Å². The number of carbonyl (C=O) groups is 1. The summed E-state index contributed by atoms with van der Waals surface area (Å²) in [6.45, 7) is 4.33. The average Bonchev–Trinajstić information content (AvgIpc) is 2.95. The lowest BCUT2D eigenvalue weighted by atomic mass is 10.1. The zero-order valence-electron chi connectivity index (χ0n) is 12.1. The molecule has 1 aromatic heterocycles. The van der Waals surface area contributed by atoms with E-state index in [0.29, 0.717) is 12.4 Å². The molecule has 1 aromatic carbocycles. The third-order valence-electron chi connectivity index (χ3n) is 3.10. The molecule has 7 heteroatoms. The van der Waals surface area contributed by atoms with Crippen LogP contribution in [0.4, 0.5) is 4.39 Å². The zero-order valence-corrected chi connectivity index (χ0v) is 12.1. The van der Waals surface area contributed by atoms with Gasteiger partial charge in [0.2, 0.25) is 0 Å². The second-order valence-corrected chi connectivity index (χ2v) is 4.45. The van der Waals surface area contributed by atoms with Crippen molar-refractivity contribution < 1.29 is 13.9 Å². The van der Waals surface area contributed by atoms with Gasteiger partial charge in [-0.2, -0.15) is 5.10 Å². The number of nitrogens with zero attached hydrogens (tertiary/aromatic N) is 3. The lowest BCUT2D eigenvalue weighted by molar-refractivity contribution is 0.0930. The predicted octanol–water partition coefficient (Wildman–Crippen LogP) is 1.94. The largest absolute Gasteiger partial charge is 0.496 e. The lowest BCUT2D eigenvalue weighted by Gasteiger charge is -2.15. The monoisotopic (exact) mass is 292 g/mol. The third kappa shape index (κ3) is 3.01. The second kappa shape index (κ2) is 6.34. The van der Waals surface area contributed by atoms with Crippen LogP contribution in [0.2, 0.25) is 0 Å². The molecule has 0 unspecified atom stereocenters. The van der Waals surface area contributed by atoms with Gasteiger partial charge in [0.25, 0.3) is 5.91 Å². The van der Waals surface area contributed by atoms with E-state index in [1.165, 1.54) is 31.6 Å². The van der Waals surface area contributed by atoms with Crippen LogP contribution in [0.3, 0.4) is 0 Å². The van der Waals surface area contributed by atoms with Gasteiger partial charge in [-0.15, -0.1) is 0 Å². The number of nitrogens with one attached hydrogen (secondary N) is 1. The van der Waals surface area contributed by atoms with E-state index in [0.717, 1.165) is 0 Å². The minimum Gasteiger partial charge on any atom is -0.496 e. The summed E-state index contributed by atoms with van der Waals surface area (Å²) in [7, 11) is 1.39. The van der Waals surface area contributed by atoms with Crippen LogP contribution < -0.4 is 10.1 Å². The summed E-state index contributed by atoms with van der Waals surface area (Å²) in [5.74, 6) is -0.378. The van der Waals surface area contributed by atoms with Crippen molar-refractivity contribution >= 4 is 5.91 Å². The van der Waals surface area contributed by atoms with Crippen molar-refractivity contribution in [2.45, 2.75) is 26.4 Å². The maximum Gasteiger partial charge on any atom is 0.258 e. The number of hydrogen-bond donors (Lipinski definition) is 1. The first kappa shape index (κ1) is 15.0. The Kier molecular flexibility index (Phi) is 4.52. The predicted molar refractivity (Wildman–Crippen MR) is 74.5 cm³/mol. The number of aromatic nitrogens is 3. The number of ether oxygens (including phenoxy) is 1. The lowest BCUT2D eigenvalue weighted by Crippen LogP contribution is -2.29. The molecule has 1 amide bonds. The maximum absolute atomic E-state index is 13.9. The fourth-order valence-electron chi connectivity index (χ4n) is 2.08. The van der Waals surface area contributed by atoms with Crippen molar-refractivity contribution in [1.29, 1.82) is 0 Å².